The van der Waals surface area contributed by atoms with Crippen LogP contribution in [0.1, 0.15) is 33.6 Å². The van der Waals surface area contributed by atoms with Gasteiger partial charge in [-0.2, -0.15) is 0 Å². The predicted octanol–water partition coefficient (Wildman–Crippen LogP) is 3.00. The lowest BCUT2D eigenvalue weighted by atomic mass is 10.2. The zero-order chi connectivity index (χ0) is 19.4. The maximum atomic E-state index is 12.2. The van der Waals surface area contributed by atoms with E-state index in [2.05, 4.69) is 0 Å². The normalized spacial score (nSPS) is 13.7. The summed E-state index contributed by atoms with van der Waals surface area (Å²) in [6, 6.07) is 8.71. The van der Waals surface area contributed by atoms with E-state index < -0.39 is 5.97 Å². The summed E-state index contributed by atoms with van der Waals surface area (Å²) in [7, 11) is 1.69. The number of aryl methyl sites for hydroxylation is 1. The number of hydrogen-bond donors (Lipinski definition) is 0. The average molecular weight is 386 g/mol. The van der Waals surface area contributed by atoms with Gasteiger partial charge in [-0.05, 0) is 54.6 Å². The number of esters is 1. The molecule has 1 aromatic carbocycles. The van der Waals surface area contributed by atoms with Gasteiger partial charge in [0.1, 0.15) is 0 Å². The minimum atomic E-state index is -0.552. The smallest absolute Gasteiger partial charge is 0.338 e. The first-order valence-corrected chi connectivity index (χ1v) is 9.68. The number of likely N-dealkylation sites (N-methyl/N-ethyl adjacent to an activating group) is 1. The van der Waals surface area contributed by atoms with E-state index in [9.17, 15) is 14.4 Å². The van der Waals surface area contributed by atoms with E-state index in [-0.39, 0.29) is 18.4 Å². The van der Waals surface area contributed by atoms with Crippen molar-refractivity contribution in [2.24, 2.45) is 0 Å². The molecule has 27 heavy (non-hydrogen) atoms. The minimum Gasteiger partial charge on any atom is -0.452 e. The molecule has 6 nitrogen and oxygen atoms in total. The van der Waals surface area contributed by atoms with Gasteiger partial charge in [0.2, 0.25) is 5.91 Å². The molecule has 0 aliphatic carbocycles. The van der Waals surface area contributed by atoms with E-state index >= 15 is 0 Å². The number of hydrogen-bond acceptors (Lipinski definition) is 5. The topological polar surface area (TPSA) is 66.9 Å². The van der Waals surface area contributed by atoms with Crippen molar-refractivity contribution in [2.75, 3.05) is 25.1 Å². The Labute approximate surface area is 162 Å². The third kappa shape index (κ3) is 4.54. The molecule has 1 saturated heterocycles. The van der Waals surface area contributed by atoms with Crippen LogP contribution in [-0.2, 0) is 20.9 Å². The minimum absolute atomic E-state index is 0.0972. The number of ether oxygens (including phenoxy) is 1. The Bertz CT molecular complexity index is 844. The highest BCUT2D eigenvalue weighted by Crippen LogP contribution is 2.22. The van der Waals surface area contributed by atoms with Gasteiger partial charge in [0, 0.05) is 30.6 Å². The van der Waals surface area contributed by atoms with Gasteiger partial charge < -0.3 is 14.5 Å². The van der Waals surface area contributed by atoms with Crippen LogP contribution in [0.3, 0.4) is 0 Å². The number of anilines is 1. The number of amides is 2. The first kappa shape index (κ1) is 19.1. The van der Waals surface area contributed by atoms with Crippen molar-refractivity contribution in [3.63, 3.8) is 0 Å². The van der Waals surface area contributed by atoms with Crippen molar-refractivity contribution >= 4 is 34.8 Å². The predicted molar refractivity (Wildman–Crippen MR) is 104 cm³/mol. The molecule has 1 aliphatic rings. The van der Waals surface area contributed by atoms with Crippen LogP contribution in [0.25, 0.3) is 0 Å². The second-order valence-corrected chi connectivity index (χ2v) is 7.55. The summed E-state index contributed by atoms with van der Waals surface area (Å²) in [5.41, 5.74) is 2.28. The van der Waals surface area contributed by atoms with Crippen LogP contribution in [0.4, 0.5) is 5.69 Å². The van der Waals surface area contributed by atoms with Gasteiger partial charge in [-0.15, -0.1) is 11.3 Å². The molecule has 1 aliphatic heterocycles. The molecule has 0 N–H and O–H groups in total. The van der Waals surface area contributed by atoms with E-state index in [1.165, 1.54) is 0 Å². The first-order valence-electron chi connectivity index (χ1n) is 8.80. The van der Waals surface area contributed by atoms with Crippen molar-refractivity contribution in [1.29, 1.82) is 0 Å². The Morgan fingerprint density at radius 1 is 1.22 bits per heavy atom. The van der Waals surface area contributed by atoms with Crippen LogP contribution in [0.15, 0.2) is 35.7 Å². The average Bonchev–Trinajstić information content (AvgIpc) is 3.27. The van der Waals surface area contributed by atoms with E-state index in [1.54, 1.807) is 52.4 Å². The van der Waals surface area contributed by atoms with E-state index in [0.717, 1.165) is 22.5 Å². The lowest BCUT2D eigenvalue weighted by Crippen LogP contribution is -2.30. The fourth-order valence-electron chi connectivity index (χ4n) is 2.89. The number of carbonyl (C=O) groups is 3. The standard InChI is InChI=1S/C20H22N2O4S/c1-14-9-11-27-17(14)12-21(2)19(24)13-26-20(25)15-5-7-16(8-6-15)22-10-3-4-18(22)23/h5-9,11H,3-4,10,12-13H2,1-2H3. The van der Waals surface area contributed by atoms with Crippen LogP contribution >= 0.6 is 11.3 Å². The van der Waals surface area contributed by atoms with Crippen molar-refractivity contribution in [3.8, 4) is 0 Å². The summed E-state index contributed by atoms with van der Waals surface area (Å²) in [5, 5.41) is 1.99. The first-order chi connectivity index (χ1) is 13.0. The van der Waals surface area contributed by atoms with Gasteiger partial charge in [-0.3, -0.25) is 9.59 Å². The van der Waals surface area contributed by atoms with Crippen LogP contribution in [-0.4, -0.2) is 42.9 Å². The zero-order valence-electron chi connectivity index (χ0n) is 15.4. The number of rotatable bonds is 6. The van der Waals surface area contributed by atoms with Gasteiger partial charge >= 0.3 is 5.97 Å². The summed E-state index contributed by atoms with van der Waals surface area (Å²) in [4.78, 5) is 40.5. The molecule has 1 aromatic heterocycles. The van der Waals surface area contributed by atoms with Crippen molar-refractivity contribution in [1.82, 2.24) is 4.90 Å². The molecule has 0 bridgehead atoms. The molecule has 0 atom stereocenters. The Morgan fingerprint density at radius 3 is 2.56 bits per heavy atom. The van der Waals surface area contributed by atoms with Crippen molar-refractivity contribution in [2.45, 2.75) is 26.3 Å². The Kier molecular flexibility index (Phi) is 5.91. The largest absolute Gasteiger partial charge is 0.452 e. The van der Waals surface area contributed by atoms with E-state index in [1.807, 2.05) is 18.4 Å². The van der Waals surface area contributed by atoms with Crippen LogP contribution in [0.2, 0.25) is 0 Å². The second-order valence-electron chi connectivity index (χ2n) is 6.55. The van der Waals surface area contributed by atoms with E-state index in [0.29, 0.717) is 25.1 Å². The molecule has 7 heteroatoms. The summed E-state index contributed by atoms with van der Waals surface area (Å²) in [6.45, 7) is 2.90. The van der Waals surface area contributed by atoms with Gasteiger partial charge in [-0.25, -0.2) is 4.79 Å². The SMILES string of the molecule is Cc1ccsc1CN(C)C(=O)COC(=O)c1ccc(N2CCCC2=O)cc1. The van der Waals surface area contributed by atoms with E-state index in [4.69, 9.17) is 4.74 Å². The fraction of sp³-hybridized carbons (Fsp3) is 0.350. The Hall–Kier alpha value is -2.67. The molecule has 142 valence electrons. The molecule has 3 rings (SSSR count). The molecule has 2 amide bonds. The molecular formula is C20H22N2O4S. The third-order valence-corrected chi connectivity index (χ3v) is 5.60. The lowest BCUT2D eigenvalue weighted by Gasteiger charge is -2.17. The van der Waals surface area contributed by atoms with Crippen LogP contribution in [0.5, 0.6) is 0 Å². The van der Waals surface area contributed by atoms with Crippen molar-refractivity contribution in [3.05, 3.63) is 51.7 Å². The van der Waals surface area contributed by atoms with Crippen LogP contribution in [0, 0.1) is 6.92 Å². The molecule has 0 spiro atoms. The molecule has 2 heterocycles. The second kappa shape index (κ2) is 8.35. The molecule has 0 saturated carbocycles. The summed E-state index contributed by atoms with van der Waals surface area (Å²) < 4.78 is 5.14. The number of nitrogens with zero attached hydrogens (tertiary/aromatic N) is 2. The monoisotopic (exact) mass is 386 g/mol. The molecular weight excluding hydrogens is 364 g/mol. The summed E-state index contributed by atoms with van der Waals surface area (Å²) >= 11 is 1.60. The van der Waals surface area contributed by atoms with Crippen molar-refractivity contribution < 1.29 is 19.1 Å². The van der Waals surface area contributed by atoms with Gasteiger partial charge in [0.25, 0.3) is 5.91 Å². The zero-order valence-corrected chi connectivity index (χ0v) is 16.3. The lowest BCUT2D eigenvalue weighted by molar-refractivity contribution is -0.133. The van der Waals surface area contributed by atoms with Gasteiger partial charge in [-0.1, -0.05) is 0 Å². The highest BCUT2D eigenvalue weighted by Gasteiger charge is 2.22. The highest BCUT2D eigenvalue weighted by atomic mass is 32.1. The Morgan fingerprint density at radius 2 is 1.96 bits per heavy atom. The number of thiophene rings is 1. The summed E-state index contributed by atoms with van der Waals surface area (Å²) in [6.07, 6.45) is 1.41. The summed E-state index contributed by atoms with van der Waals surface area (Å²) in [5.74, 6) is -0.710. The van der Waals surface area contributed by atoms with Gasteiger partial charge in [0.05, 0.1) is 12.1 Å². The maximum absolute atomic E-state index is 12.2. The molecule has 0 unspecified atom stereocenters. The third-order valence-electron chi connectivity index (χ3n) is 4.59. The Balaban J connectivity index is 1.52. The quantitative estimate of drug-likeness (QED) is 0.716. The number of benzene rings is 1. The van der Waals surface area contributed by atoms with Crippen LogP contribution < -0.4 is 4.90 Å². The molecule has 1 fully saturated rings. The maximum Gasteiger partial charge on any atom is 0.338 e. The fourth-order valence-corrected chi connectivity index (χ4v) is 3.85. The molecule has 0 radical (unpaired) electrons. The highest BCUT2D eigenvalue weighted by molar-refractivity contribution is 7.10. The molecule has 2 aromatic rings. The number of carbonyl (C=O) groups excluding carboxylic acids is 3. The van der Waals surface area contributed by atoms with Gasteiger partial charge in [0.15, 0.2) is 6.61 Å².